The number of nitrogens with one attached hydrogen (secondary N) is 1. The van der Waals surface area contributed by atoms with Gasteiger partial charge in [0.05, 0.1) is 11.6 Å². The largest absolute Gasteiger partial charge is 0.507 e. The zero-order valence-electron chi connectivity index (χ0n) is 18.0. The number of ketones is 1. The van der Waals surface area contributed by atoms with Crippen molar-refractivity contribution in [2.75, 3.05) is 17.0 Å². The number of anilines is 2. The fourth-order valence-electron chi connectivity index (χ4n) is 4.06. The first-order valence-electron chi connectivity index (χ1n) is 10.4. The zero-order chi connectivity index (χ0) is 23.8. The number of ether oxygens (including phenoxy) is 2. The van der Waals surface area contributed by atoms with Crippen LogP contribution in [0.2, 0.25) is 0 Å². The number of hydrogen-bond acceptors (Lipinski definition) is 7. The molecule has 34 heavy (non-hydrogen) atoms. The monoisotopic (exact) mass is 457 g/mol. The van der Waals surface area contributed by atoms with Gasteiger partial charge < -0.3 is 19.9 Å². The van der Waals surface area contributed by atoms with Crippen molar-refractivity contribution in [3.63, 3.8) is 0 Å². The van der Waals surface area contributed by atoms with Crippen LogP contribution >= 0.6 is 0 Å². The molecular formula is C25H19N3O6. The predicted molar refractivity (Wildman–Crippen MR) is 122 cm³/mol. The van der Waals surface area contributed by atoms with Crippen LogP contribution in [0, 0.1) is 0 Å². The summed E-state index contributed by atoms with van der Waals surface area (Å²) in [5, 5.41) is 13.9. The number of Topliss-reactive ketones (excluding diaryl/α,β-unsaturated/α-hetero) is 1. The summed E-state index contributed by atoms with van der Waals surface area (Å²) in [4.78, 5) is 43.2. The van der Waals surface area contributed by atoms with E-state index < -0.39 is 17.7 Å². The van der Waals surface area contributed by atoms with Crippen molar-refractivity contribution in [3.05, 3.63) is 83.7 Å². The number of aliphatic hydroxyl groups excluding tert-OH is 1. The van der Waals surface area contributed by atoms with Crippen molar-refractivity contribution in [2.24, 2.45) is 0 Å². The fraction of sp³-hybridized carbons (Fsp3) is 0.120. The van der Waals surface area contributed by atoms with Gasteiger partial charge >= 0.3 is 0 Å². The second-order valence-electron chi connectivity index (χ2n) is 7.75. The molecule has 0 bridgehead atoms. The molecule has 0 aliphatic carbocycles. The molecule has 2 aliphatic heterocycles. The van der Waals surface area contributed by atoms with E-state index in [4.69, 9.17) is 9.47 Å². The molecule has 2 N–H and O–H groups in total. The second-order valence-corrected chi connectivity index (χ2v) is 7.75. The molecule has 1 unspecified atom stereocenters. The molecule has 3 aromatic rings. The minimum Gasteiger partial charge on any atom is -0.507 e. The smallest absolute Gasteiger partial charge is 0.300 e. The van der Waals surface area contributed by atoms with Crippen molar-refractivity contribution >= 4 is 34.7 Å². The molecule has 1 saturated heterocycles. The number of pyridine rings is 1. The van der Waals surface area contributed by atoms with Gasteiger partial charge in [-0.2, -0.15) is 0 Å². The standard InChI is InChI=1S/C25H19N3O6/c1-14(29)27-17-5-7-18(8-6-17)28-22(16-3-2-10-26-12-16)21(24(31)25(28)32)23(30)15-4-9-19-20(11-15)34-13-33-19/h2-12,22,30H,13H2,1H3,(H,27,29)/b23-21-. The quantitative estimate of drug-likeness (QED) is 0.350. The minimum atomic E-state index is -0.911. The number of hydrogen-bond donors (Lipinski definition) is 2. The SMILES string of the molecule is CC(=O)Nc1ccc(N2C(=O)C(=O)/C(=C(\O)c3ccc4c(c3)OCO4)C2c2cccnc2)cc1. The third-order valence-corrected chi connectivity index (χ3v) is 5.56. The molecule has 1 atom stereocenters. The summed E-state index contributed by atoms with van der Waals surface area (Å²) in [5.41, 5.74) is 1.77. The molecule has 9 nitrogen and oxygen atoms in total. The molecule has 3 heterocycles. The Balaban J connectivity index is 1.63. The van der Waals surface area contributed by atoms with Crippen LogP contribution in [0.3, 0.4) is 0 Å². The molecule has 9 heteroatoms. The molecule has 1 aromatic heterocycles. The van der Waals surface area contributed by atoms with Gasteiger partial charge in [0.2, 0.25) is 12.7 Å². The van der Waals surface area contributed by atoms with Gasteiger partial charge in [0.1, 0.15) is 5.76 Å². The lowest BCUT2D eigenvalue weighted by atomic mass is 9.96. The van der Waals surface area contributed by atoms with Crippen molar-refractivity contribution in [1.29, 1.82) is 0 Å². The second kappa shape index (κ2) is 8.36. The van der Waals surface area contributed by atoms with Crippen LogP contribution in [-0.4, -0.2) is 34.5 Å². The summed E-state index contributed by atoms with van der Waals surface area (Å²) in [6.07, 6.45) is 3.12. The molecule has 0 radical (unpaired) electrons. The molecule has 170 valence electrons. The Morgan fingerprint density at radius 2 is 1.85 bits per heavy atom. The molecule has 2 aromatic carbocycles. The Labute approximate surface area is 194 Å². The summed E-state index contributed by atoms with van der Waals surface area (Å²) in [5.74, 6) is -1.21. The topological polar surface area (TPSA) is 118 Å². The van der Waals surface area contributed by atoms with Gasteiger partial charge in [-0.25, -0.2) is 0 Å². The summed E-state index contributed by atoms with van der Waals surface area (Å²) >= 11 is 0. The normalized spacial score (nSPS) is 18.3. The number of aromatic nitrogens is 1. The Hall–Kier alpha value is -4.66. The van der Waals surface area contributed by atoms with Gasteiger partial charge in [-0.15, -0.1) is 0 Å². The van der Waals surface area contributed by atoms with Crippen LogP contribution in [0.4, 0.5) is 11.4 Å². The summed E-state index contributed by atoms with van der Waals surface area (Å²) in [6.45, 7) is 1.46. The third-order valence-electron chi connectivity index (χ3n) is 5.56. The predicted octanol–water partition coefficient (Wildman–Crippen LogP) is 3.40. The minimum absolute atomic E-state index is 0.0636. The van der Waals surface area contributed by atoms with Gasteiger partial charge in [0.25, 0.3) is 11.7 Å². The summed E-state index contributed by atoms with van der Waals surface area (Å²) in [6, 6.07) is 13.8. The van der Waals surface area contributed by atoms with E-state index in [1.165, 1.54) is 11.8 Å². The van der Waals surface area contributed by atoms with Crippen LogP contribution in [0.5, 0.6) is 11.5 Å². The Morgan fingerprint density at radius 3 is 2.56 bits per heavy atom. The van der Waals surface area contributed by atoms with Crippen LogP contribution in [0.15, 0.2) is 72.6 Å². The Morgan fingerprint density at radius 1 is 1.09 bits per heavy atom. The van der Waals surface area contributed by atoms with E-state index in [-0.39, 0.29) is 24.0 Å². The summed E-state index contributed by atoms with van der Waals surface area (Å²) in [7, 11) is 0. The van der Waals surface area contributed by atoms with E-state index in [0.29, 0.717) is 34.0 Å². The number of carbonyl (C=O) groups is 3. The zero-order valence-corrected chi connectivity index (χ0v) is 18.0. The van der Waals surface area contributed by atoms with E-state index in [2.05, 4.69) is 10.3 Å². The molecular weight excluding hydrogens is 438 g/mol. The fourth-order valence-corrected chi connectivity index (χ4v) is 4.06. The average molecular weight is 457 g/mol. The lowest BCUT2D eigenvalue weighted by molar-refractivity contribution is -0.132. The lowest BCUT2D eigenvalue weighted by Gasteiger charge is -2.25. The highest BCUT2D eigenvalue weighted by atomic mass is 16.7. The number of benzene rings is 2. The number of aliphatic hydroxyl groups is 1. The number of carbonyl (C=O) groups excluding carboxylic acids is 3. The number of nitrogens with zero attached hydrogens (tertiary/aromatic N) is 2. The molecule has 1 fully saturated rings. The number of amides is 2. The lowest BCUT2D eigenvalue weighted by Crippen LogP contribution is -2.29. The number of fused-ring (bicyclic) bond motifs is 1. The van der Waals surface area contributed by atoms with Gasteiger partial charge in [-0.1, -0.05) is 6.07 Å². The van der Waals surface area contributed by atoms with Crippen molar-refractivity contribution < 1.29 is 29.0 Å². The first kappa shape index (κ1) is 21.2. The average Bonchev–Trinajstić information content (AvgIpc) is 3.41. The first-order valence-corrected chi connectivity index (χ1v) is 10.4. The Kier molecular flexibility index (Phi) is 5.21. The maximum Gasteiger partial charge on any atom is 0.300 e. The van der Waals surface area contributed by atoms with Crippen LogP contribution in [0.25, 0.3) is 5.76 Å². The maximum atomic E-state index is 13.2. The highest BCUT2D eigenvalue weighted by Crippen LogP contribution is 2.43. The van der Waals surface area contributed by atoms with E-state index >= 15 is 0 Å². The third kappa shape index (κ3) is 3.62. The highest BCUT2D eigenvalue weighted by Gasteiger charge is 2.47. The number of rotatable bonds is 4. The van der Waals surface area contributed by atoms with Gasteiger partial charge in [-0.05, 0) is 54.1 Å². The molecule has 0 saturated carbocycles. The van der Waals surface area contributed by atoms with Crippen molar-refractivity contribution in [2.45, 2.75) is 13.0 Å². The first-order chi connectivity index (χ1) is 16.4. The van der Waals surface area contributed by atoms with Crippen LogP contribution < -0.4 is 19.7 Å². The molecule has 2 amide bonds. The van der Waals surface area contributed by atoms with Crippen molar-refractivity contribution in [1.82, 2.24) is 4.98 Å². The van der Waals surface area contributed by atoms with Crippen molar-refractivity contribution in [3.8, 4) is 11.5 Å². The van der Waals surface area contributed by atoms with Gasteiger partial charge in [-0.3, -0.25) is 24.3 Å². The van der Waals surface area contributed by atoms with Crippen LogP contribution in [-0.2, 0) is 14.4 Å². The molecule has 5 rings (SSSR count). The highest BCUT2D eigenvalue weighted by molar-refractivity contribution is 6.51. The van der Waals surface area contributed by atoms with E-state index in [9.17, 15) is 19.5 Å². The molecule has 2 aliphatic rings. The maximum absolute atomic E-state index is 13.2. The van der Waals surface area contributed by atoms with E-state index in [0.717, 1.165) is 0 Å². The molecule has 0 spiro atoms. The van der Waals surface area contributed by atoms with Crippen LogP contribution in [0.1, 0.15) is 24.1 Å². The van der Waals surface area contributed by atoms with E-state index in [1.807, 2.05) is 0 Å². The van der Waals surface area contributed by atoms with Gasteiger partial charge in [0.15, 0.2) is 11.5 Å². The Bertz CT molecular complexity index is 1330. The van der Waals surface area contributed by atoms with Gasteiger partial charge in [0, 0.05) is 36.3 Å². The summed E-state index contributed by atoms with van der Waals surface area (Å²) < 4.78 is 10.7. The van der Waals surface area contributed by atoms with E-state index in [1.54, 1.807) is 67.0 Å².